The molecule has 1 aromatic rings. The largest absolute Gasteiger partial charge is 0.465 e. The van der Waals surface area contributed by atoms with Gasteiger partial charge in [0.05, 0.1) is 6.54 Å². The van der Waals surface area contributed by atoms with Gasteiger partial charge in [-0.2, -0.15) is 0 Å². The molecule has 1 atom stereocenters. The van der Waals surface area contributed by atoms with E-state index >= 15 is 0 Å². The van der Waals surface area contributed by atoms with Crippen LogP contribution in [-0.2, 0) is 13.0 Å². The van der Waals surface area contributed by atoms with Crippen LogP contribution in [0.2, 0.25) is 0 Å². The van der Waals surface area contributed by atoms with Gasteiger partial charge in [0.1, 0.15) is 11.5 Å². The van der Waals surface area contributed by atoms with Crippen LogP contribution in [0.1, 0.15) is 24.9 Å². The van der Waals surface area contributed by atoms with E-state index in [0.29, 0.717) is 6.04 Å². The van der Waals surface area contributed by atoms with Gasteiger partial charge in [-0.3, -0.25) is 0 Å². The highest BCUT2D eigenvalue weighted by Crippen LogP contribution is 2.10. The minimum atomic E-state index is 0.630. The van der Waals surface area contributed by atoms with Crippen LogP contribution in [0.5, 0.6) is 0 Å². The van der Waals surface area contributed by atoms with Crippen molar-refractivity contribution in [2.24, 2.45) is 0 Å². The highest BCUT2D eigenvalue weighted by atomic mass is 16.3. The SMILES string of the molecule is CCc1ccc(CNC2CCN(C)C2)o1. The smallest absolute Gasteiger partial charge is 0.117 e. The van der Waals surface area contributed by atoms with E-state index in [0.717, 1.165) is 31.0 Å². The third-order valence-electron chi connectivity index (χ3n) is 3.02. The van der Waals surface area contributed by atoms with Crippen LogP contribution in [0.15, 0.2) is 16.5 Å². The van der Waals surface area contributed by atoms with Crippen molar-refractivity contribution in [2.45, 2.75) is 32.4 Å². The third-order valence-corrected chi connectivity index (χ3v) is 3.02. The Morgan fingerprint density at radius 1 is 1.47 bits per heavy atom. The molecule has 2 heterocycles. The molecule has 1 saturated heterocycles. The molecule has 0 bridgehead atoms. The Morgan fingerprint density at radius 3 is 2.87 bits per heavy atom. The molecular weight excluding hydrogens is 188 g/mol. The van der Waals surface area contributed by atoms with E-state index in [9.17, 15) is 0 Å². The standard InChI is InChI=1S/C12H20N2O/c1-3-11-4-5-12(15-11)8-13-10-6-7-14(2)9-10/h4-5,10,13H,3,6-9H2,1-2H3. The molecule has 15 heavy (non-hydrogen) atoms. The first-order valence-corrected chi connectivity index (χ1v) is 5.77. The summed E-state index contributed by atoms with van der Waals surface area (Å²) >= 11 is 0. The molecule has 1 unspecified atom stereocenters. The average Bonchev–Trinajstić information content (AvgIpc) is 2.83. The second kappa shape index (κ2) is 4.81. The molecule has 1 fully saturated rings. The van der Waals surface area contributed by atoms with Crippen LogP contribution in [0, 0.1) is 0 Å². The lowest BCUT2D eigenvalue weighted by Gasteiger charge is -2.11. The van der Waals surface area contributed by atoms with Crippen molar-refractivity contribution in [3.8, 4) is 0 Å². The number of aryl methyl sites for hydroxylation is 1. The fourth-order valence-corrected chi connectivity index (χ4v) is 2.05. The fourth-order valence-electron chi connectivity index (χ4n) is 2.05. The van der Waals surface area contributed by atoms with E-state index in [1.807, 2.05) is 0 Å². The maximum atomic E-state index is 5.64. The number of likely N-dealkylation sites (tertiary alicyclic amines) is 1. The van der Waals surface area contributed by atoms with E-state index < -0.39 is 0 Å². The third kappa shape index (κ3) is 2.83. The molecule has 84 valence electrons. The minimum Gasteiger partial charge on any atom is -0.465 e. The van der Waals surface area contributed by atoms with Crippen molar-refractivity contribution in [2.75, 3.05) is 20.1 Å². The molecule has 3 nitrogen and oxygen atoms in total. The Bertz CT molecular complexity index is 308. The summed E-state index contributed by atoms with van der Waals surface area (Å²) in [6.07, 6.45) is 2.23. The molecule has 0 amide bonds. The van der Waals surface area contributed by atoms with Gasteiger partial charge in [0.25, 0.3) is 0 Å². The number of hydrogen-bond acceptors (Lipinski definition) is 3. The summed E-state index contributed by atoms with van der Waals surface area (Å²) in [4.78, 5) is 2.36. The van der Waals surface area contributed by atoms with Gasteiger partial charge in [-0.15, -0.1) is 0 Å². The number of nitrogens with zero attached hydrogens (tertiary/aromatic N) is 1. The maximum absolute atomic E-state index is 5.64. The average molecular weight is 208 g/mol. The van der Waals surface area contributed by atoms with Crippen molar-refractivity contribution in [3.05, 3.63) is 23.7 Å². The highest BCUT2D eigenvalue weighted by molar-refractivity contribution is 5.07. The Hall–Kier alpha value is -0.800. The molecule has 0 aliphatic carbocycles. The number of nitrogens with one attached hydrogen (secondary N) is 1. The Morgan fingerprint density at radius 2 is 2.27 bits per heavy atom. The van der Waals surface area contributed by atoms with E-state index in [2.05, 4.69) is 36.3 Å². The monoisotopic (exact) mass is 208 g/mol. The second-order valence-corrected chi connectivity index (χ2v) is 4.35. The molecule has 1 aromatic heterocycles. The Labute approximate surface area is 91.4 Å². The zero-order valence-electron chi connectivity index (χ0n) is 9.62. The minimum absolute atomic E-state index is 0.630. The van der Waals surface area contributed by atoms with E-state index in [1.54, 1.807) is 0 Å². The molecule has 0 spiro atoms. The van der Waals surface area contributed by atoms with Crippen molar-refractivity contribution in [1.82, 2.24) is 10.2 Å². The molecule has 0 aromatic carbocycles. The lowest BCUT2D eigenvalue weighted by atomic mass is 10.2. The quantitative estimate of drug-likeness (QED) is 0.815. The van der Waals surface area contributed by atoms with Crippen LogP contribution in [-0.4, -0.2) is 31.1 Å². The van der Waals surface area contributed by atoms with Gasteiger partial charge >= 0.3 is 0 Å². The summed E-state index contributed by atoms with van der Waals surface area (Å²) in [7, 11) is 2.17. The normalized spacial score (nSPS) is 22.4. The number of hydrogen-bond donors (Lipinski definition) is 1. The van der Waals surface area contributed by atoms with E-state index in [4.69, 9.17) is 4.42 Å². The van der Waals surface area contributed by atoms with Gasteiger partial charge < -0.3 is 14.6 Å². The summed E-state index contributed by atoms with van der Waals surface area (Å²) in [5, 5.41) is 3.53. The van der Waals surface area contributed by atoms with Gasteiger partial charge in [-0.1, -0.05) is 6.92 Å². The summed E-state index contributed by atoms with van der Waals surface area (Å²) in [6.45, 7) is 5.33. The summed E-state index contributed by atoms with van der Waals surface area (Å²) in [5.74, 6) is 2.14. The van der Waals surface area contributed by atoms with Crippen molar-refractivity contribution in [3.63, 3.8) is 0 Å². The van der Waals surface area contributed by atoms with E-state index in [1.165, 1.54) is 13.0 Å². The number of furan rings is 1. The fraction of sp³-hybridized carbons (Fsp3) is 0.667. The van der Waals surface area contributed by atoms with Crippen LogP contribution < -0.4 is 5.32 Å². The molecular formula is C12H20N2O. The van der Waals surface area contributed by atoms with Gasteiger partial charge in [-0.05, 0) is 32.1 Å². The molecule has 3 heteroatoms. The first-order chi connectivity index (χ1) is 7.28. The van der Waals surface area contributed by atoms with Crippen molar-refractivity contribution >= 4 is 0 Å². The molecule has 0 saturated carbocycles. The maximum Gasteiger partial charge on any atom is 0.117 e. The summed E-state index contributed by atoms with van der Waals surface area (Å²) in [5.41, 5.74) is 0. The Kier molecular flexibility index (Phi) is 3.44. The zero-order chi connectivity index (χ0) is 10.7. The number of rotatable bonds is 4. The molecule has 1 aliphatic rings. The predicted octanol–water partition coefficient (Wildman–Crippen LogP) is 1.64. The lowest BCUT2D eigenvalue weighted by Crippen LogP contribution is -2.30. The molecule has 1 aliphatic heterocycles. The van der Waals surface area contributed by atoms with Crippen molar-refractivity contribution < 1.29 is 4.42 Å². The zero-order valence-corrected chi connectivity index (χ0v) is 9.62. The van der Waals surface area contributed by atoms with E-state index in [-0.39, 0.29) is 0 Å². The van der Waals surface area contributed by atoms with Gasteiger partial charge in [0.2, 0.25) is 0 Å². The summed E-state index contributed by atoms with van der Waals surface area (Å²) < 4.78 is 5.64. The van der Waals surface area contributed by atoms with Crippen LogP contribution in [0.3, 0.4) is 0 Å². The molecule has 0 radical (unpaired) electrons. The van der Waals surface area contributed by atoms with Gasteiger partial charge in [0, 0.05) is 19.0 Å². The summed E-state index contributed by atoms with van der Waals surface area (Å²) in [6, 6.07) is 4.77. The first kappa shape index (κ1) is 10.7. The lowest BCUT2D eigenvalue weighted by molar-refractivity contribution is 0.387. The van der Waals surface area contributed by atoms with Gasteiger partial charge in [-0.25, -0.2) is 0 Å². The number of likely N-dealkylation sites (N-methyl/N-ethyl adjacent to an activating group) is 1. The van der Waals surface area contributed by atoms with Gasteiger partial charge in [0.15, 0.2) is 0 Å². The highest BCUT2D eigenvalue weighted by Gasteiger charge is 2.18. The molecule has 1 N–H and O–H groups in total. The second-order valence-electron chi connectivity index (χ2n) is 4.35. The van der Waals surface area contributed by atoms with Crippen LogP contribution in [0.25, 0.3) is 0 Å². The first-order valence-electron chi connectivity index (χ1n) is 5.77. The molecule has 2 rings (SSSR count). The predicted molar refractivity (Wildman–Crippen MR) is 60.8 cm³/mol. The van der Waals surface area contributed by atoms with Crippen molar-refractivity contribution in [1.29, 1.82) is 0 Å². The van der Waals surface area contributed by atoms with Crippen LogP contribution in [0.4, 0.5) is 0 Å². The topological polar surface area (TPSA) is 28.4 Å². The Balaban J connectivity index is 1.77. The van der Waals surface area contributed by atoms with Crippen LogP contribution >= 0.6 is 0 Å².